The molecule has 0 spiro atoms. The molecule has 13 heteroatoms. The van der Waals surface area contributed by atoms with Crippen LogP contribution in [0, 0.1) is 5.82 Å². The van der Waals surface area contributed by atoms with Crippen LogP contribution < -0.4 is 11.1 Å². The van der Waals surface area contributed by atoms with Gasteiger partial charge in [-0.25, -0.2) is 19.3 Å². The lowest BCUT2D eigenvalue weighted by atomic mass is 9.87. The summed E-state index contributed by atoms with van der Waals surface area (Å²) in [6, 6.07) is 5.40. The van der Waals surface area contributed by atoms with E-state index in [4.69, 9.17) is 10.7 Å². The van der Waals surface area contributed by atoms with E-state index < -0.39 is 23.5 Å². The third-order valence-electron chi connectivity index (χ3n) is 7.75. The van der Waals surface area contributed by atoms with Crippen molar-refractivity contribution in [2.24, 2.45) is 0 Å². The Hall–Kier alpha value is -4.55. The van der Waals surface area contributed by atoms with Crippen LogP contribution in [0.2, 0.25) is 0 Å². The van der Waals surface area contributed by atoms with E-state index in [-0.39, 0.29) is 46.3 Å². The summed E-state index contributed by atoms with van der Waals surface area (Å²) >= 11 is 0. The molecule has 2 aliphatic rings. The van der Waals surface area contributed by atoms with Gasteiger partial charge in [0, 0.05) is 54.6 Å². The van der Waals surface area contributed by atoms with Crippen molar-refractivity contribution in [3.8, 4) is 11.3 Å². The molecular weight excluding hydrogens is 542 g/mol. The van der Waals surface area contributed by atoms with Crippen LogP contribution in [0.1, 0.15) is 59.8 Å². The lowest BCUT2D eigenvalue weighted by molar-refractivity contribution is -0.138. The minimum absolute atomic E-state index is 0.0740. The zero-order valence-corrected chi connectivity index (χ0v) is 21.7. The van der Waals surface area contributed by atoms with Gasteiger partial charge < -0.3 is 16.0 Å². The molecule has 4 aromatic rings. The Morgan fingerprint density at radius 2 is 1.90 bits per heavy atom. The van der Waals surface area contributed by atoms with Gasteiger partial charge in [0.1, 0.15) is 34.5 Å². The van der Waals surface area contributed by atoms with Gasteiger partial charge in [0.2, 0.25) is 5.91 Å². The molecule has 6 rings (SSSR count). The fourth-order valence-corrected chi connectivity index (χ4v) is 5.75. The molecule has 212 valence electrons. The summed E-state index contributed by atoms with van der Waals surface area (Å²) in [5, 5.41) is 2.27. The normalized spacial score (nSPS) is 19.3. The number of carbonyl (C=O) groups is 2. The lowest BCUT2D eigenvalue weighted by Crippen LogP contribution is -2.48. The highest BCUT2D eigenvalue weighted by Gasteiger charge is 2.37. The highest BCUT2D eigenvalue weighted by atomic mass is 19.4. The van der Waals surface area contributed by atoms with Crippen LogP contribution in [0.3, 0.4) is 0 Å². The number of hydrogen-bond donors (Lipinski definition) is 2. The molecule has 0 bridgehead atoms. The van der Waals surface area contributed by atoms with E-state index in [0.29, 0.717) is 30.4 Å². The highest BCUT2D eigenvalue weighted by Crippen LogP contribution is 2.38. The number of nitrogen functional groups attached to an aromatic ring is 1. The molecule has 9 nitrogen and oxygen atoms in total. The van der Waals surface area contributed by atoms with E-state index in [1.165, 1.54) is 18.3 Å². The molecule has 2 unspecified atom stereocenters. The molecule has 0 radical (unpaired) electrons. The number of nitrogens with one attached hydrogen (secondary N) is 1. The molecule has 3 aromatic heterocycles. The maximum Gasteiger partial charge on any atom is 0.416 e. The summed E-state index contributed by atoms with van der Waals surface area (Å²) in [6.07, 6.45) is 3.61. The summed E-state index contributed by atoms with van der Waals surface area (Å²) in [7, 11) is 0. The summed E-state index contributed by atoms with van der Waals surface area (Å²) in [4.78, 5) is 39.9. The van der Waals surface area contributed by atoms with Gasteiger partial charge in [-0.05, 0) is 56.0 Å². The van der Waals surface area contributed by atoms with Crippen LogP contribution in [-0.2, 0) is 11.0 Å². The number of nitrogens with two attached hydrogens (primary N) is 1. The summed E-state index contributed by atoms with van der Waals surface area (Å²) in [5.41, 5.74) is 5.83. The molecule has 1 aromatic carbocycles. The van der Waals surface area contributed by atoms with Crippen LogP contribution in [-0.4, -0.2) is 48.7 Å². The molecule has 2 saturated heterocycles. The van der Waals surface area contributed by atoms with Crippen molar-refractivity contribution in [2.45, 2.75) is 50.2 Å². The van der Waals surface area contributed by atoms with E-state index in [2.05, 4.69) is 15.3 Å². The fraction of sp³-hybridized carbons (Fsp3) is 0.321. The van der Waals surface area contributed by atoms with E-state index in [1.54, 1.807) is 10.6 Å². The quantitative estimate of drug-likeness (QED) is 0.334. The molecule has 41 heavy (non-hydrogen) atoms. The molecule has 0 saturated carbocycles. The largest absolute Gasteiger partial charge is 0.416 e. The number of amides is 2. The summed E-state index contributed by atoms with van der Waals surface area (Å²) in [5.74, 6) is -1.11. The van der Waals surface area contributed by atoms with Gasteiger partial charge in [0.05, 0.1) is 5.56 Å². The van der Waals surface area contributed by atoms with Crippen LogP contribution >= 0.6 is 0 Å². The summed E-state index contributed by atoms with van der Waals surface area (Å²) < 4.78 is 56.3. The fourth-order valence-electron chi connectivity index (χ4n) is 5.75. The number of aromatic nitrogens is 4. The number of nitrogens with zero attached hydrogens (tertiary/aromatic N) is 5. The maximum absolute atomic E-state index is 15.5. The van der Waals surface area contributed by atoms with E-state index >= 15 is 4.39 Å². The Morgan fingerprint density at radius 3 is 2.68 bits per heavy atom. The Labute approximate surface area is 231 Å². The molecule has 3 N–H and O–H groups in total. The van der Waals surface area contributed by atoms with Gasteiger partial charge in [-0.2, -0.15) is 13.2 Å². The van der Waals surface area contributed by atoms with Crippen molar-refractivity contribution < 1.29 is 27.2 Å². The first-order valence-corrected chi connectivity index (χ1v) is 13.2. The second-order valence-electron chi connectivity index (χ2n) is 10.3. The number of piperidine rings is 2. The first-order valence-electron chi connectivity index (χ1n) is 13.2. The number of halogens is 4. The van der Waals surface area contributed by atoms with Crippen LogP contribution in [0.4, 0.5) is 29.2 Å². The second-order valence-corrected chi connectivity index (χ2v) is 10.3. The molecule has 5 heterocycles. The van der Waals surface area contributed by atoms with Crippen LogP contribution in [0.25, 0.3) is 16.8 Å². The molecule has 2 fully saturated rings. The first-order chi connectivity index (χ1) is 19.6. The topological polar surface area (TPSA) is 119 Å². The molecule has 2 atom stereocenters. The van der Waals surface area contributed by atoms with Gasteiger partial charge in [-0.15, -0.1) is 0 Å². The van der Waals surface area contributed by atoms with Gasteiger partial charge in [-0.1, -0.05) is 0 Å². The summed E-state index contributed by atoms with van der Waals surface area (Å²) in [6.45, 7) is 0.509. The van der Waals surface area contributed by atoms with Crippen molar-refractivity contribution in [1.82, 2.24) is 24.3 Å². The Balaban J connectivity index is 1.31. The minimum Gasteiger partial charge on any atom is -0.382 e. The number of hydrogen-bond acceptors (Lipinski definition) is 6. The number of fused-ring (bicyclic) bond motifs is 2. The van der Waals surface area contributed by atoms with Gasteiger partial charge in [0.25, 0.3) is 5.91 Å². The zero-order chi connectivity index (χ0) is 28.9. The first kappa shape index (κ1) is 26.7. The van der Waals surface area contributed by atoms with E-state index in [1.807, 2.05) is 4.90 Å². The molecule has 2 amide bonds. The predicted molar refractivity (Wildman–Crippen MR) is 141 cm³/mol. The predicted octanol–water partition coefficient (Wildman–Crippen LogP) is 5.04. The van der Waals surface area contributed by atoms with Gasteiger partial charge >= 0.3 is 6.18 Å². The Bertz CT molecular complexity index is 1670. The van der Waals surface area contributed by atoms with Crippen molar-refractivity contribution >= 4 is 29.0 Å². The maximum atomic E-state index is 15.5. The number of alkyl halides is 3. The monoisotopic (exact) mass is 567 g/mol. The number of rotatable bonds is 4. The molecular formula is C28H25F4N7O2. The number of carbonyl (C=O) groups excluding carboxylic acids is 2. The molecule has 2 aliphatic heterocycles. The third-order valence-corrected chi connectivity index (χ3v) is 7.75. The third kappa shape index (κ3) is 4.96. The van der Waals surface area contributed by atoms with Crippen molar-refractivity contribution in [3.05, 3.63) is 71.7 Å². The van der Waals surface area contributed by atoms with Crippen molar-refractivity contribution in [3.63, 3.8) is 0 Å². The van der Waals surface area contributed by atoms with Crippen molar-refractivity contribution in [2.75, 3.05) is 17.6 Å². The number of benzene rings is 1. The Kier molecular flexibility index (Phi) is 6.59. The van der Waals surface area contributed by atoms with E-state index in [0.717, 1.165) is 44.0 Å². The Morgan fingerprint density at radius 1 is 1.07 bits per heavy atom. The average Bonchev–Trinajstić information content (AvgIpc) is 3.33. The minimum atomic E-state index is -4.61. The standard InChI is InChI=1S/C28H25F4N7O2/c29-20-12-15(27(41)36-21-13-17(8-9-34-21)28(30,31)32)5-7-19(20)23-24-25(33)35-10-11-38(24)26(37-23)16-4-6-18-2-1-3-22(40)39(18)14-16/h5,7-13,16,18H,1-4,6,14H2,(H2,33,35)(H,34,36,41). The van der Waals surface area contributed by atoms with Crippen LogP contribution in [0.15, 0.2) is 48.9 Å². The highest BCUT2D eigenvalue weighted by molar-refractivity contribution is 6.04. The smallest absolute Gasteiger partial charge is 0.382 e. The average molecular weight is 568 g/mol. The molecule has 0 aliphatic carbocycles. The van der Waals surface area contributed by atoms with Crippen LogP contribution in [0.5, 0.6) is 0 Å². The van der Waals surface area contributed by atoms with E-state index in [9.17, 15) is 22.8 Å². The number of pyridine rings is 1. The number of imidazole rings is 1. The van der Waals surface area contributed by atoms with Crippen molar-refractivity contribution in [1.29, 1.82) is 0 Å². The second kappa shape index (κ2) is 10.1. The van der Waals surface area contributed by atoms with Gasteiger partial charge in [0.15, 0.2) is 0 Å². The lowest BCUT2D eigenvalue weighted by Gasteiger charge is -2.42. The zero-order valence-electron chi connectivity index (χ0n) is 21.7. The van der Waals surface area contributed by atoms with Gasteiger partial charge in [-0.3, -0.25) is 14.0 Å². The SMILES string of the molecule is Nc1nccn2c(C3CCC4CCCC(=O)N4C3)nc(-c3ccc(C(=O)Nc4cc(C(F)(F)F)ccn4)cc3F)c12. The number of anilines is 2.